The van der Waals surface area contributed by atoms with Crippen molar-refractivity contribution in [3.05, 3.63) is 52.7 Å². The number of aromatic nitrogens is 4. The Bertz CT molecular complexity index is 1800. The molecule has 46 heavy (non-hydrogen) atoms. The smallest absolute Gasteiger partial charge is 0.354 e. The van der Waals surface area contributed by atoms with E-state index in [2.05, 4.69) is 25.4 Å². The lowest BCUT2D eigenvalue weighted by molar-refractivity contribution is -0.628. The first-order chi connectivity index (χ1) is 21.8. The van der Waals surface area contributed by atoms with Gasteiger partial charge < -0.3 is 42.4 Å². The number of fused-ring (bicyclic) bond motifs is 1. The average molecular weight is 687 g/mol. The molecule has 17 nitrogen and oxygen atoms in total. The maximum absolute atomic E-state index is 13.3. The molecule has 2 aliphatic heterocycles. The number of aliphatic carboxylic acids is 2. The molecular formula is C26H26N10O7S3. The van der Waals surface area contributed by atoms with Crippen molar-refractivity contribution in [2.24, 2.45) is 5.16 Å². The Morgan fingerprint density at radius 2 is 1.93 bits per heavy atom. The van der Waals surface area contributed by atoms with E-state index < -0.39 is 46.5 Å². The minimum Gasteiger partial charge on any atom is -0.543 e. The number of thiazole rings is 1. The van der Waals surface area contributed by atoms with Gasteiger partial charge >= 0.3 is 17.9 Å². The largest absolute Gasteiger partial charge is 0.543 e. The summed E-state index contributed by atoms with van der Waals surface area (Å²) in [7, 11) is 0. The number of thioether (sulfide) groups is 2. The van der Waals surface area contributed by atoms with Crippen LogP contribution in [0.1, 0.15) is 19.5 Å². The summed E-state index contributed by atoms with van der Waals surface area (Å²) in [6, 6.07) is 7.87. The number of β-lactam (4-membered cyclic amide) rings is 1. The Morgan fingerprint density at radius 1 is 1.22 bits per heavy atom. The number of nitrogens with two attached hydrogens (primary N) is 3. The van der Waals surface area contributed by atoms with E-state index in [-0.39, 0.29) is 39.9 Å². The number of nitrogen functional groups attached to an aromatic ring is 3. The van der Waals surface area contributed by atoms with Crippen LogP contribution in [-0.4, -0.2) is 82.9 Å². The van der Waals surface area contributed by atoms with Crippen molar-refractivity contribution in [3.63, 3.8) is 0 Å². The number of carbonyl (C=O) groups is 4. The molecule has 0 aliphatic carbocycles. The summed E-state index contributed by atoms with van der Waals surface area (Å²) in [5.41, 5.74) is 16.2. The molecule has 2 amide bonds. The number of hydrogen-bond acceptors (Lipinski definition) is 16. The minimum absolute atomic E-state index is 0.00511. The number of amides is 2. The van der Waals surface area contributed by atoms with Crippen molar-refractivity contribution < 1.29 is 38.8 Å². The van der Waals surface area contributed by atoms with Crippen molar-refractivity contribution in [1.82, 2.24) is 25.2 Å². The van der Waals surface area contributed by atoms with Gasteiger partial charge in [0.15, 0.2) is 10.8 Å². The summed E-state index contributed by atoms with van der Waals surface area (Å²) < 4.78 is 1.57. The number of benzene rings is 1. The van der Waals surface area contributed by atoms with Crippen LogP contribution in [0.5, 0.6) is 0 Å². The quantitative estimate of drug-likeness (QED) is 0.0518. The highest BCUT2D eigenvalue weighted by Gasteiger charge is 2.53. The molecule has 1 fully saturated rings. The number of nitrogens with one attached hydrogen (secondary N) is 1. The first-order valence-corrected chi connectivity index (χ1v) is 16.1. The number of carbonyl (C=O) groups excluding carboxylic acids is 3. The molecule has 3 aromatic rings. The number of hydrogen-bond donors (Lipinski definition) is 5. The Morgan fingerprint density at radius 3 is 2.57 bits per heavy atom. The van der Waals surface area contributed by atoms with Gasteiger partial charge in [0.25, 0.3) is 17.0 Å². The second kappa shape index (κ2) is 12.8. The zero-order valence-corrected chi connectivity index (χ0v) is 26.5. The number of para-hydroxylation sites is 1. The third-order valence-corrected chi connectivity index (χ3v) is 9.67. The molecular weight excluding hydrogens is 661 g/mol. The van der Waals surface area contributed by atoms with Crippen molar-refractivity contribution >= 4 is 81.4 Å². The Balaban J connectivity index is 1.36. The standard InChI is InChI=1S/C26H26N10O7S3/c1-26(2,21(41)42)43-34-14(13-10-45-24(29)30-13)17(37)31-15-18(38)36-16(20(39)40)11(8-44-19(15)36)9-46-25-33-22(27)32-23(28)35(25)12-6-4-3-5-7-12/h3-7,10,15,19H,8-9H2,1-2H3,(H8,27,28,29,30,31,32,37,39,40,41,42)/b34-14-/t15?,19-/m0/s1. The average Bonchev–Trinajstić information content (AvgIpc) is 3.43. The van der Waals surface area contributed by atoms with Crippen LogP contribution < -0.4 is 32.2 Å². The van der Waals surface area contributed by atoms with Crippen LogP contribution in [0.4, 0.5) is 17.0 Å². The maximum atomic E-state index is 13.3. The zero-order chi connectivity index (χ0) is 33.3. The van der Waals surface area contributed by atoms with Crippen LogP contribution in [0.2, 0.25) is 0 Å². The van der Waals surface area contributed by atoms with Gasteiger partial charge in [0, 0.05) is 16.9 Å². The summed E-state index contributed by atoms with van der Waals surface area (Å²) in [5.74, 6) is -4.25. The second-order valence-corrected chi connectivity index (χ2v) is 13.1. The highest BCUT2D eigenvalue weighted by molar-refractivity contribution is 8.01. The summed E-state index contributed by atoms with van der Waals surface area (Å²) in [6.07, 6.45) is 0. The maximum Gasteiger partial charge on any atom is 0.354 e. The van der Waals surface area contributed by atoms with E-state index >= 15 is 0 Å². The Labute approximate surface area is 272 Å². The van der Waals surface area contributed by atoms with Crippen LogP contribution in [-0.2, 0) is 24.0 Å². The summed E-state index contributed by atoms with van der Waals surface area (Å²) >= 11 is 3.38. The molecule has 1 aromatic carbocycles. The van der Waals surface area contributed by atoms with E-state index in [4.69, 9.17) is 22.0 Å². The number of anilines is 3. The summed E-state index contributed by atoms with van der Waals surface area (Å²) in [4.78, 5) is 68.9. The molecule has 5 rings (SSSR count). The van der Waals surface area contributed by atoms with Gasteiger partial charge in [-0.15, -0.1) is 23.1 Å². The monoisotopic (exact) mass is 686 g/mol. The molecule has 0 bridgehead atoms. The molecule has 2 aliphatic rings. The van der Waals surface area contributed by atoms with Crippen LogP contribution in [0, 0.1) is 0 Å². The van der Waals surface area contributed by atoms with Gasteiger partial charge in [0.2, 0.25) is 5.60 Å². The number of rotatable bonds is 11. The lowest BCUT2D eigenvalue weighted by Gasteiger charge is -2.50. The van der Waals surface area contributed by atoms with E-state index in [1.165, 1.54) is 31.0 Å². The minimum atomic E-state index is -1.79. The summed E-state index contributed by atoms with van der Waals surface area (Å²) in [5, 5.41) is 29.0. The van der Waals surface area contributed by atoms with Crippen LogP contribution in [0.15, 0.2) is 57.3 Å². The highest BCUT2D eigenvalue weighted by Crippen LogP contribution is 2.41. The van der Waals surface area contributed by atoms with Crippen molar-refractivity contribution in [2.75, 3.05) is 28.7 Å². The topological polar surface area (TPSA) is 269 Å². The number of oxime groups is 1. The van der Waals surface area contributed by atoms with Crippen LogP contribution in [0.25, 0.3) is 5.69 Å². The molecule has 0 saturated carbocycles. The highest BCUT2D eigenvalue weighted by atomic mass is 32.2. The van der Waals surface area contributed by atoms with E-state index in [0.29, 0.717) is 16.4 Å². The van der Waals surface area contributed by atoms with Crippen LogP contribution in [0.3, 0.4) is 0 Å². The lowest BCUT2D eigenvalue weighted by atomic mass is 10.0. The van der Waals surface area contributed by atoms with Gasteiger partial charge in [-0.25, -0.2) is 9.78 Å². The van der Waals surface area contributed by atoms with Gasteiger partial charge in [-0.3, -0.25) is 14.5 Å². The normalized spacial score (nSPS) is 18.1. The fraction of sp³-hybridized carbons (Fsp3) is 0.269. The first-order valence-electron chi connectivity index (χ1n) is 13.2. The molecule has 240 valence electrons. The second-order valence-electron chi connectivity index (χ2n) is 10.2. The molecule has 8 N–H and O–H groups in total. The number of carboxylic acid groups (broad SMARTS) is 2. The molecule has 4 heterocycles. The van der Waals surface area contributed by atoms with E-state index in [0.717, 1.165) is 28.0 Å². The fourth-order valence-electron chi connectivity index (χ4n) is 4.30. The van der Waals surface area contributed by atoms with Gasteiger partial charge in [0.05, 0.1) is 17.4 Å². The molecule has 0 radical (unpaired) electrons. The molecule has 2 aromatic heterocycles. The molecule has 1 saturated heterocycles. The van der Waals surface area contributed by atoms with Crippen molar-refractivity contribution in [2.45, 2.75) is 36.0 Å². The zero-order valence-electron chi connectivity index (χ0n) is 24.1. The van der Waals surface area contributed by atoms with E-state index in [1.54, 1.807) is 28.8 Å². The van der Waals surface area contributed by atoms with Gasteiger partial charge in [-0.2, -0.15) is 4.57 Å². The molecule has 20 heteroatoms. The van der Waals surface area contributed by atoms with Crippen LogP contribution >= 0.6 is 34.9 Å². The number of carboxylic acids is 2. The Hall–Kier alpha value is -4.95. The first kappa shape index (κ1) is 32.4. The third-order valence-electron chi connectivity index (χ3n) is 6.64. The van der Waals surface area contributed by atoms with Gasteiger partial charge in [-0.05, 0) is 31.6 Å². The fourth-order valence-corrected chi connectivity index (χ4v) is 7.35. The molecule has 0 spiro atoms. The van der Waals surface area contributed by atoms with Gasteiger partial charge in [-0.1, -0.05) is 45.1 Å². The SMILES string of the molecule is CC(C)(O/N=C(\C(=O)NC1C(=O)N2C(C(=O)[O-])=C(CSc3nc(N)nc(N)[n+]3-c3ccccc3)CS[C@@H]12)c1csc(N)n1)C(=O)O. The van der Waals surface area contributed by atoms with E-state index in [9.17, 15) is 29.4 Å². The predicted octanol–water partition coefficient (Wildman–Crippen LogP) is -1.26. The molecule has 1 unspecified atom stereocenters. The predicted molar refractivity (Wildman–Crippen MR) is 166 cm³/mol. The summed E-state index contributed by atoms with van der Waals surface area (Å²) in [6.45, 7) is 2.46. The van der Waals surface area contributed by atoms with Crippen molar-refractivity contribution in [1.29, 1.82) is 0 Å². The van der Waals surface area contributed by atoms with Crippen molar-refractivity contribution in [3.8, 4) is 5.69 Å². The third kappa shape index (κ3) is 6.39. The molecule has 2 atom stereocenters. The Kier molecular flexibility index (Phi) is 9.03. The van der Waals surface area contributed by atoms with Gasteiger partial charge in [0.1, 0.15) is 17.1 Å². The lowest BCUT2D eigenvalue weighted by Crippen LogP contribution is -2.71. The van der Waals surface area contributed by atoms with E-state index in [1.807, 2.05) is 6.07 Å². The number of nitrogens with zero attached hydrogens (tertiary/aromatic N) is 6.